The van der Waals surface area contributed by atoms with Crippen LogP contribution in [-0.2, 0) is 4.79 Å². The molecule has 1 nitrogen and oxygen atoms in total. The monoisotopic (exact) mass is 206 g/mol. The minimum absolute atomic E-state index is 0.484. The van der Waals surface area contributed by atoms with Crippen LogP contribution in [0.25, 0.3) is 0 Å². The van der Waals surface area contributed by atoms with E-state index in [2.05, 4.69) is 0 Å². The second-order valence-electron chi connectivity index (χ2n) is 5.94. The van der Waals surface area contributed by atoms with E-state index in [0.717, 1.165) is 11.8 Å². The van der Waals surface area contributed by atoms with Crippen LogP contribution in [0.4, 0.5) is 0 Å². The van der Waals surface area contributed by atoms with E-state index < -0.39 is 0 Å². The minimum Gasteiger partial charge on any atom is -0.299 e. The Hall–Kier alpha value is -0.330. The highest BCUT2D eigenvalue weighted by atomic mass is 16.1. The average Bonchev–Trinajstić information content (AvgIpc) is 2.30. The zero-order valence-electron chi connectivity index (χ0n) is 9.58. The highest BCUT2D eigenvalue weighted by Crippen LogP contribution is 2.47. The van der Waals surface area contributed by atoms with Crippen molar-refractivity contribution in [2.75, 3.05) is 0 Å². The third kappa shape index (κ3) is 1.64. The lowest BCUT2D eigenvalue weighted by atomic mass is 9.59. The SMILES string of the molecule is O=C1C2CCCCC2CC2CCCCC12. The largest absolute Gasteiger partial charge is 0.299 e. The number of Topliss-reactive ketones (excluding diaryl/α,β-unsaturated/α-hetero) is 1. The molecule has 3 aliphatic carbocycles. The Kier molecular flexibility index (Phi) is 2.58. The average molecular weight is 206 g/mol. The summed E-state index contributed by atoms with van der Waals surface area (Å²) in [5.41, 5.74) is 0. The molecule has 4 unspecified atom stereocenters. The Morgan fingerprint density at radius 3 is 1.73 bits per heavy atom. The summed E-state index contributed by atoms with van der Waals surface area (Å²) in [5, 5.41) is 0. The number of rotatable bonds is 0. The van der Waals surface area contributed by atoms with Crippen LogP contribution in [0.2, 0.25) is 0 Å². The van der Waals surface area contributed by atoms with Gasteiger partial charge in [0.05, 0.1) is 0 Å². The number of carbonyl (C=O) groups is 1. The van der Waals surface area contributed by atoms with Gasteiger partial charge in [-0.05, 0) is 43.9 Å². The van der Waals surface area contributed by atoms with Crippen molar-refractivity contribution in [2.45, 2.75) is 57.8 Å². The minimum atomic E-state index is 0.484. The molecule has 84 valence electrons. The molecule has 0 heterocycles. The van der Waals surface area contributed by atoms with Gasteiger partial charge in [-0.3, -0.25) is 4.79 Å². The van der Waals surface area contributed by atoms with E-state index in [-0.39, 0.29) is 0 Å². The highest BCUT2D eigenvalue weighted by molar-refractivity contribution is 5.85. The Morgan fingerprint density at radius 1 is 0.733 bits per heavy atom. The van der Waals surface area contributed by atoms with Crippen LogP contribution >= 0.6 is 0 Å². The van der Waals surface area contributed by atoms with Crippen LogP contribution < -0.4 is 0 Å². The molecule has 0 radical (unpaired) electrons. The van der Waals surface area contributed by atoms with Crippen molar-refractivity contribution in [3.05, 3.63) is 0 Å². The fraction of sp³-hybridized carbons (Fsp3) is 0.929. The maximum absolute atomic E-state index is 12.4. The molecule has 1 heteroatoms. The van der Waals surface area contributed by atoms with Gasteiger partial charge in [-0.25, -0.2) is 0 Å². The van der Waals surface area contributed by atoms with Crippen molar-refractivity contribution in [1.29, 1.82) is 0 Å². The first-order valence-corrected chi connectivity index (χ1v) is 6.90. The fourth-order valence-corrected chi connectivity index (χ4v) is 4.39. The summed E-state index contributed by atoms with van der Waals surface area (Å²) in [6, 6.07) is 0. The number of carbonyl (C=O) groups excluding carboxylic acids is 1. The lowest BCUT2D eigenvalue weighted by Gasteiger charge is -2.44. The summed E-state index contributed by atoms with van der Waals surface area (Å²) in [6.07, 6.45) is 11.9. The van der Waals surface area contributed by atoms with E-state index in [1.807, 2.05) is 0 Å². The smallest absolute Gasteiger partial charge is 0.139 e. The van der Waals surface area contributed by atoms with Gasteiger partial charge in [-0.15, -0.1) is 0 Å². The molecule has 0 amide bonds. The molecular weight excluding hydrogens is 184 g/mol. The van der Waals surface area contributed by atoms with Gasteiger partial charge >= 0.3 is 0 Å². The van der Waals surface area contributed by atoms with E-state index in [1.165, 1.54) is 57.8 Å². The van der Waals surface area contributed by atoms with Gasteiger partial charge in [0.1, 0.15) is 5.78 Å². The predicted molar refractivity (Wildman–Crippen MR) is 60.5 cm³/mol. The Morgan fingerprint density at radius 2 is 1.20 bits per heavy atom. The third-order valence-electron chi connectivity index (χ3n) is 5.15. The second kappa shape index (κ2) is 3.92. The summed E-state index contributed by atoms with van der Waals surface area (Å²) < 4.78 is 0. The van der Waals surface area contributed by atoms with Crippen LogP contribution in [0, 0.1) is 23.7 Å². The van der Waals surface area contributed by atoms with E-state index in [9.17, 15) is 4.79 Å². The molecule has 4 atom stereocenters. The summed E-state index contributed by atoms with van der Waals surface area (Å²) in [4.78, 5) is 12.4. The lowest BCUT2D eigenvalue weighted by molar-refractivity contribution is -0.137. The first-order chi connectivity index (χ1) is 7.36. The molecule has 3 saturated carbocycles. The summed E-state index contributed by atoms with van der Waals surface area (Å²) in [7, 11) is 0. The molecule has 0 aromatic rings. The standard InChI is InChI=1S/C14H22O/c15-14-12-7-3-1-5-10(12)9-11-6-2-4-8-13(11)14/h10-13H,1-9H2. The van der Waals surface area contributed by atoms with Gasteiger partial charge in [0, 0.05) is 11.8 Å². The number of ketones is 1. The zero-order chi connectivity index (χ0) is 10.3. The van der Waals surface area contributed by atoms with E-state index in [1.54, 1.807) is 0 Å². The molecule has 3 aliphatic rings. The van der Waals surface area contributed by atoms with Gasteiger partial charge in [-0.2, -0.15) is 0 Å². The van der Waals surface area contributed by atoms with Crippen LogP contribution in [0.3, 0.4) is 0 Å². The molecule has 3 fully saturated rings. The lowest BCUT2D eigenvalue weighted by Crippen LogP contribution is -2.43. The first-order valence-electron chi connectivity index (χ1n) is 6.90. The fourth-order valence-electron chi connectivity index (χ4n) is 4.39. The Labute approximate surface area is 92.6 Å². The maximum Gasteiger partial charge on any atom is 0.139 e. The van der Waals surface area contributed by atoms with Gasteiger partial charge in [0.15, 0.2) is 0 Å². The summed E-state index contributed by atoms with van der Waals surface area (Å²) >= 11 is 0. The van der Waals surface area contributed by atoms with E-state index in [4.69, 9.17) is 0 Å². The van der Waals surface area contributed by atoms with Crippen molar-refractivity contribution in [1.82, 2.24) is 0 Å². The number of hydrogen-bond acceptors (Lipinski definition) is 1. The Balaban J connectivity index is 1.79. The molecule has 0 bridgehead atoms. The molecular formula is C14H22O. The van der Waals surface area contributed by atoms with Crippen molar-refractivity contribution < 1.29 is 4.79 Å². The first kappa shape index (κ1) is 9.86. The molecule has 0 spiro atoms. The van der Waals surface area contributed by atoms with Gasteiger partial charge in [0.2, 0.25) is 0 Å². The second-order valence-corrected chi connectivity index (χ2v) is 5.94. The molecule has 0 aromatic heterocycles. The van der Waals surface area contributed by atoms with Gasteiger partial charge in [-0.1, -0.05) is 25.7 Å². The highest BCUT2D eigenvalue weighted by Gasteiger charge is 2.44. The maximum atomic E-state index is 12.4. The number of fused-ring (bicyclic) bond motifs is 2. The normalized spacial score (nSPS) is 45.7. The molecule has 0 N–H and O–H groups in total. The van der Waals surface area contributed by atoms with Crippen molar-refractivity contribution in [2.24, 2.45) is 23.7 Å². The third-order valence-corrected chi connectivity index (χ3v) is 5.15. The van der Waals surface area contributed by atoms with Crippen molar-refractivity contribution in [3.8, 4) is 0 Å². The van der Waals surface area contributed by atoms with Crippen LogP contribution in [-0.4, -0.2) is 5.78 Å². The molecule has 3 rings (SSSR count). The van der Waals surface area contributed by atoms with E-state index >= 15 is 0 Å². The van der Waals surface area contributed by atoms with Crippen LogP contribution in [0.1, 0.15) is 57.8 Å². The summed E-state index contributed by atoms with van der Waals surface area (Å²) in [6.45, 7) is 0. The molecule has 15 heavy (non-hydrogen) atoms. The zero-order valence-corrected chi connectivity index (χ0v) is 9.58. The molecule has 0 aromatic carbocycles. The predicted octanol–water partition coefficient (Wildman–Crippen LogP) is 3.57. The van der Waals surface area contributed by atoms with Crippen LogP contribution in [0.5, 0.6) is 0 Å². The molecule has 0 aliphatic heterocycles. The Bertz CT molecular complexity index is 234. The number of hydrogen-bond donors (Lipinski definition) is 0. The molecule has 0 saturated heterocycles. The van der Waals surface area contributed by atoms with Crippen LogP contribution in [0.15, 0.2) is 0 Å². The van der Waals surface area contributed by atoms with Crippen molar-refractivity contribution in [3.63, 3.8) is 0 Å². The topological polar surface area (TPSA) is 17.1 Å². The van der Waals surface area contributed by atoms with E-state index in [0.29, 0.717) is 17.6 Å². The summed E-state index contributed by atoms with van der Waals surface area (Å²) in [5.74, 6) is 3.21. The van der Waals surface area contributed by atoms with Crippen molar-refractivity contribution >= 4 is 5.78 Å². The quantitative estimate of drug-likeness (QED) is 0.592. The van der Waals surface area contributed by atoms with Gasteiger partial charge < -0.3 is 0 Å². The van der Waals surface area contributed by atoms with Gasteiger partial charge in [0.25, 0.3) is 0 Å².